The molecule has 116 valence electrons. The number of hydrogen-bond acceptors (Lipinski definition) is 2. The molecule has 2 aliphatic heterocycles. The van der Waals surface area contributed by atoms with Gasteiger partial charge in [-0.15, -0.1) is 0 Å². The molecule has 3 aromatic rings. The summed E-state index contributed by atoms with van der Waals surface area (Å²) in [4.78, 5) is 16.0. The van der Waals surface area contributed by atoms with E-state index >= 15 is 0 Å². The molecular formula is C20H15N4Na. The molecule has 5 heterocycles. The van der Waals surface area contributed by atoms with Crippen molar-refractivity contribution in [2.75, 3.05) is 0 Å². The van der Waals surface area contributed by atoms with Crippen molar-refractivity contribution >= 4 is 46.4 Å². The molecule has 0 aromatic carbocycles. The second-order valence-corrected chi connectivity index (χ2v) is 5.91. The Morgan fingerprint density at radius 2 is 0.880 bits per heavy atom. The van der Waals surface area contributed by atoms with E-state index in [4.69, 9.17) is 0 Å². The summed E-state index contributed by atoms with van der Waals surface area (Å²) in [6, 6.07) is 16.4. The molecule has 2 N–H and O–H groups in total. The Bertz CT molecular complexity index is 1080. The number of fused-ring (bicyclic) bond motifs is 8. The van der Waals surface area contributed by atoms with E-state index in [9.17, 15) is 0 Å². The topological polar surface area (TPSA) is 57.4 Å². The number of nitrogens with zero attached hydrogens (tertiary/aromatic N) is 2. The van der Waals surface area contributed by atoms with Crippen molar-refractivity contribution in [3.05, 3.63) is 71.3 Å². The number of hydrogen-bond donors (Lipinski definition) is 2. The van der Waals surface area contributed by atoms with E-state index in [1.807, 2.05) is 42.5 Å². The van der Waals surface area contributed by atoms with Crippen LogP contribution in [0.5, 0.6) is 0 Å². The third-order valence-electron chi connectivity index (χ3n) is 4.04. The average Bonchev–Trinajstić information content (AvgIpc) is 3.32. The quantitative estimate of drug-likeness (QED) is 0.424. The van der Waals surface area contributed by atoms with Crippen LogP contribution < -0.4 is 29.6 Å². The van der Waals surface area contributed by atoms with Gasteiger partial charge in [0.1, 0.15) is 0 Å². The van der Waals surface area contributed by atoms with Crippen LogP contribution in [0.15, 0.2) is 48.5 Å². The van der Waals surface area contributed by atoms with Gasteiger partial charge in [-0.1, -0.05) is 0 Å². The van der Waals surface area contributed by atoms with Gasteiger partial charge in [-0.05, 0) is 72.8 Å². The summed E-state index contributed by atoms with van der Waals surface area (Å²) in [6.45, 7) is 0. The maximum atomic E-state index is 4.62. The fraction of sp³-hybridized carbons (Fsp3) is 0. The second-order valence-electron chi connectivity index (χ2n) is 5.91. The molecule has 0 aliphatic carbocycles. The number of nitrogens with one attached hydrogen (secondary N) is 2. The van der Waals surface area contributed by atoms with Gasteiger partial charge in [-0.25, -0.2) is 9.97 Å². The third-order valence-corrected chi connectivity index (χ3v) is 4.04. The number of H-pyrrole nitrogens is 2. The minimum Gasteiger partial charge on any atom is -1.00 e. The smallest absolute Gasteiger partial charge is 1.00 e. The minimum atomic E-state index is 0. The van der Waals surface area contributed by atoms with Gasteiger partial charge in [0.2, 0.25) is 0 Å². The SMILES string of the molecule is C1=Cc2cc3ccc(cc4ccc(cc5nc(cc1n2)C=C5)[nH]4)[nH]3.[H-].[Na+]. The normalized spacial score (nSPS) is 12.2. The van der Waals surface area contributed by atoms with Crippen molar-refractivity contribution in [2.45, 2.75) is 0 Å². The van der Waals surface area contributed by atoms with Gasteiger partial charge in [0.05, 0.1) is 22.8 Å². The molecule has 3 aromatic heterocycles. The van der Waals surface area contributed by atoms with Gasteiger partial charge in [0.25, 0.3) is 0 Å². The molecule has 5 rings (SSSR count). The van der Waals surface area contributed by atoms with Crippen LogP contribution in [0.3, 0.4) is 0 Å². The number of aromatic amines is 2. The van der Waals surface area contributed by atoms with Crippen molar-refractivity contribution in [2.24, 2.45) is 0 Å². The summed E-state index contributed by atoms with van der Waals surface area (Å²) in [5, 5.41) is 0. The van der Waals surface area contributed by atoms with E-state index in [-0.39, 0.29) is 31.0 Å². The molecule has 0 fully saturated rings. The predicted molar refractivity (Wildman–Crippen MR) is 100.0 cm³/mol. The average molecular weight is 334 g/mol. The summed E-state index contributed by atoms with van der Waals surface area (Å²) >= 11 is 0. The van der Waals surface area contributed by atoms with Crippen LogP contribution in [0.1, 0.15) is 24.2 Å². The standard InChI is InChI=1S/C20H14N4.Na.H/c1-2-14-10-16-5-6-18(23-16)12-20-8-7-19(24-20)11-17-4-3-15(22-17)9-13(1)21-14;;/h1-12,21-22H;;/q;+1;-1. The molecule has 2 aliphatic rings. The maximum absolute atomic E-state index is 4.62. The van der Waals surface area contributed by atoms with Crippen molar-refractivity contribution in [1.29, 1.82) is 0 Å². The monoisotopic (exact) mass is 334 g/mol. The molecule has 0 amide bonds. The van der Waals surface area contributed by atoms with Gasteiger partial charge < -0.3 is 11.4 Å². The van der Waals surface area contributed by atoms with Gasteiger partial charge in [-0.2, -0.15) is 0 Å². The first kappa shape index (κ1) is 16.1. The number of rotatable bonds is 0. The zero-order valence-electron chi connectivity index (χ0n) is 14.8. The summed E-state index contributed by atoms with van der Waals surface area (Å²) in [5.74, 6) is 0. The summed E-state index contributed by atoms with van der Waals surface area (Å²) in [6.07, 6.45) is 8.05. The van der Waals surface area contributed by atoms with E-state index in [1.165, 1.54) is 0 Å². The zero-order chi connectivity index (χ0) is 15.9. The van der Waals surface area contributed by atoms with Crippen molar-refractivity contribution in [3.8, 4) is 0 Å². The first-order valence-corrected chi connectivity index (χ1v) is 7.85. The molecule has 8 bridgehead atoms. The number of aromatic nitrogens is 4. The predicted octanol–water partition coefficient (Wildman–Crippen LogP) is 1.77. The van der Waals surface area contributed by atoms with E-state index in [2.05, 4.69) is 50.3 Å². The van der Waals surface area contributed by atoms with Gasteiger partial charge in [0.15, 0.2) is 0 Å². The van der Waals surface area contributed by atoms with Gasteiger partial charge in [0, 0.05) is 22.1 Å². The van der Waals surface area contributed by atoms with Crippen molar-refractivity contribution in [1.82, 2.24) is 19.9 Å². The van der Waals surface area contributed by atoms with Crippen molar-refractivity contribution in [3.63, 3.8) is 0 Å². The molecule has 0 saturated carbocycles. The molecule has 5 heteroatoms. The van der Waals surface area contributed by atoms with Gasteiger partial charge >= 0.3 is 29.6 Å². The Balaban J connectivity index is 0.000000980. The Morgan fingerprint density at radius 3 is 1.32 bits per heavy atom. The summed E-state index contributed by atoms with van der Waals surface area (Å²) in [7, 11) is 0. The summed E-state index contributed by atoms with van der Waals surface area (Å²) in [5.41, 5.74) is 7.86. The van der Waals surface area contributed by atoms with Crippen LogP contribution in [0, 0.1) is 0 Å². The largest absolute Gasteiger partial charge is 1.00 e. The zero-order valence-corrected chi connectivity index (χ0v) is 15.8. The van der Waals surface area contributed by atoms with Crippen LogP contribution in [-0.2, 0) is 0 Å². The molecule has 0 saturated heterocycles. The maximum Gasteiger partial charge on any atom is 1.00 e. The molecule has 4 nitrogen and oxygen atoms in total. The van der Waals surface area contributed by atoms with E-state index in [0.29, 0.717) is 0 Å². The molecular weight excluding hydrogens is 319 g/mol. The molecule has 0 atom stereocenters. The van der Waals surface area contributed by atoms with Crippen LogP contribution in [0.2, 0.25) is 0 Å². The summed E-state index contributed by atoms with van der Waals surface area (Å²) < 4.78 is 0. The molecule has 0 spiro atoms. The molecule has 25 heavy (non-hydrogen) atoms. The Morgan fingerprint density at radius 1 is 0.520 bits per heavy atom. The van der Waals surface area contributed by atoms with Crippen molar-refractivity contribution < 1.29 is 31.0 Å². The molecule has 0 radical (unpaired) electrons. The van der Waals surface area contributed by atoms with Crippen LogP contribution in [0.25, 0.3) is 46.4 Å². The van der Waals surface area contributed by atoms with Crippen LogP contribution in [-0.4, -0.2) is 19.9 Å². The first-order chi connectivity index (χ1) is 11.8. The fourth-order valence-corrected chi connectivity index (χ4v) is 2.94. The Labute approximate surface area is 168 Å². The third kappa shape index (κ3) is 3.37. The second kappa shape index (κ2) is 6.48. The Hall–Kier alpha value is -2.40. The Kier molecular flexibility index (Phi) is 4.17. The van der Waals surface area contributed by atoms with E-state index < -0.39 is 0 Å². The fourth-order valence-electron chi connectivity index (χ4n) is 2.94. The molecule has 0 unspecified atom stereocenters. The van der Waals surface area contributed by atoms with Gasteiger partial charge in [-0.3, -0.25) is 0 Å². The van der Waals surface area contributed by atoms with E-state index in [0.717, 1.165) is 44.8 Å². The van der Waals surface area contributed by atoms with Crippen LogP contribution in [0.4, 0.5) is 0 Å². The van der Waals surface area contributed by atoms with E-state index in [1.54, 1.807) is 0 Å². The van der Waals surface area contributed by atoms with Crippen LogP contribution >= 0.6 is 0 Å². The minimum absolute atomic E-state index is 0. The first-order valence-electron chi connectivity index (χ1n) is 7.85.